The fourth-order valence-corrected chi connectivity index (χ4v) is 2.38. The van der Waals surface area contributed by atoms with Crippen LogP contribution in [0, 0.1) is 5.41 Å². The molecule has 1 fully saturated rings. The SMILES string of the molecule is CCCCCCCCCCC1OCC(C)(C(=O)O)CO1.[H-].[Na+]. The topological polar surface area (TPSA) is 55.8 Å². The van der Waals surface area contributed by atoms with Crippen molar-refractivity contribution in [2.24, 2.45) is 5.41 Å². The Hall–Kier alpha value is 0.390. The third-order valence-corrected chi connectivity index (χ3v) is 3.99. The van der Waals surface area contributed by atoms with Crippen LogP contribution in [0.1, 0.15) is 73.1 Å². The number of ether oxygens (including phenoxy) is 2. The van der Waals surface area contributed by atoms with Crippen LogP contribution in [0.2, 0.25) is 0 Å². The van der Waals surface area contributed by atoms with Crippen LogP contribution < -0.4 is 29.6 Å². The standard InChI is InChI=1S/C16H30O4.Na.H/c1-3-4-5-6-7-8-9-10-11-14-19-12-16(2,13-20-14)15(17)18;;/h14H,3-13H2,1-2H3,(H,17,18);;/q;+1;-1. The molecule has 0 spiro atoms. The van der Waals surface area contributed by atoms with Crippen LogP contribution >= 0.6 is 0 Å². The smallest absolute Gasteiger partial charge is 1.00 e. The second-order valence-corrected chi connectivity index (χ2v) is 6.18. The first-order chi connectivity index (χ1) is 9.58. The molecule has 1 rings (SSSR count). The van der Waals surface area contributed by atoms with Gasteiger partial charge in [-0.2, -0.15) is 0 Å². The molecule has 120 valence electrons. The van der Waals surface area contributed by atoms with E-state index in [1.54, 1.807) is 6.92 Å². The van der Waals surface area contributed by atoms with Gasteiger partial charge >= 0.3 is 35.5 Å². The Labute approximate surface area is 152 Å². The summed E-state index contributed by atoms with van der Waals surface area (Å²) in [6.45, 7) is 4.41. The summed E-state index contributed by atoms with van der Waals surface area (Å²) in [5, 5.41) is 9.06. The molecule has 0 atom stereocenters. The third kappa shape index (κ3) is 8.56. The van der Waals surface area contributed by atoms with E-state index in [1.165, 1.54) is 44.9 Å². The van der Waals surface area contributed by atoms with Gasteiger partial charge in [-0.05, 0) is 19.8 Å². The normalized spacial score (nSPS) is 25.3. The van der Waals surface area contributed by atoms with E-state index in [0.717, 1.165) is 12.8 Å². The van der Waals surface area contributed by atoms with E-state index >= 15 is 0 Å². The molecule has 4 nitrogen and oxygen atoms in total. The maximum absolute atomic E-state index is 11.0. The van der Waals surface area contributed by atoms with E-state index in [2.05, 4.69) is 6.92 Å². The summed E-state index contributed by atoms with van der Waals surface area (Å²) in [4.78, 5) is 11.0. The van der Waals surface area contributed by atoms with Gasteiger partial charge in [-0.15, -0.1) is 0 Å². The van der Waals surface area contributed by atoms with Gasteiger partial charge in [0.2, 0.25) is 0 Å². The van der Waals surface area contributed by atoms with Gasteiger partial charge in [0.05, 0.1) is 13.2 Å². The van der Waals surface area contributed by atoms with Gasteiger partial charge in [0.25, 0.3) is 0 Å². The number of aliphatic carboxylic acids is 1. The molecule has 0 aromatic rings. The molecule has 0 aliphatic carbocycles. The zero-order valence-corrected chi connectivity index (χ0v) is 16.0. The summed E-state index contributed by atoms with van der Waals surface area (Å²) in [6, 6.07) is 0. The van der Waals surface area contributed by atoms with Crippen LogP contribution in [0.3, 0.4) is 0 Å². The minimum atomic E-state index is -0.879. The largest absolute Gasteiger partial charge is 1.00 e. The van der Waals surface area contributed by atoms with Gasteiger partial charge in [0.1, 0.15) is 5.41 Å². The molecule has 1 saturated heterocycles. The summed E-state index contributed by atoms with van der Waals surface area (Å²) in [7, 11) is 0. The molecule has 1 heterocycles. The zero-order chi connectivity index (χ0) is 14.8. The average Bonchev–Trinajstić information content (AvgIpc) is 2.44. The van der Waals surface area contributed by atoms with Crippen molar-refractivity contribution in [2.45, 2.75) is 77.9 Å². The Morgan fingerprint density at radius 3 is 2.05 bits per heavy atom. The third-order valence-electron chi connectivity index (χ3n) is 3.99. The van der Waals surface area contributed by atoms with Gasteiger partial charge in [-0.25, -0.2) is 0 Å². The molecule has 0 aromatic heterocycles. The molecule has 0 unspecified atom stereocenters. The van der Waals surface area contributed by atoms with Crippen molar-refractivity contribution in [1.82, 2.24) is 0 Å². The molecule has 0 radical (unpaired) electrons. The van der Waals surface area contributed by atoms with Crippen molar-refractivity contribution in [3.05, 3.63) is 0 Å². The number of hydrogen-bond acceptors (Lipinski definition) is 3. The van der Waals surface area contributed by atoms with Gasteiger partial charge in [-0.3, -0.25) is 4.79 Å². The monoisotopic (exact) mass is 310 g/mol. The second-order valence-electron chi connectivity index (χ2n) is 6.18. The molecule has 0 saturated carbocycles. The van der Waals surface area contributed by atoms with E-state index in [4.69, 9.17) is 14.6 Å². The number of carboxylic acid groups (broad SMARTS) is 1. The number of rotatable bonds is 10. The van der Waals surface area contributed by atoms with Crippen molar-refractivity contribution < 1.29 is 50.4 Å². The minimum Gasteiger partial charge on any atom is -1.00 e. The van der Waals surface area contributed by atoms with E-state index in [-0.39, 0.29) is 50.5 Å². The van der Waals surface area contributed by atoms with E-state index in [9.17, 15) is 4.79 Å². The summed E-state index contributed by atoms with van der Waals surface area (Å²) in [5.41, 5.74) is -0.879. The van der Waals surface area contributed by atoms with Crippen LogP contribution in [0.25, 0.3) is 0 Å². The summed E-state index contributed by atoms with van der Waals surface area (Å²) < 4.78 is 11.0. The minimum absolute atomic E-state index is 0. The molecule has 5 heteroatoms. The predicted molar refractivity (Wildman–Crippen MR) is 79.8 cm³/mol. The van der Waals surface area contributed by atoms with Crippen molar-refractivity contribution in [3.63, 3.8) is 0 Å². The van der Waals surface area contributed by atoms with Crippen molar-refractivity contribution >= 4 is 5.97 Å². The maximum Gasteiger partial charge on any atom is 1.00 e. The van der Waals surface area contributed by atoms with E-state index in [0.29, 0.717) is 0 Å². The molecule has 0 amide bonds. The number of carboxylic acids is 1. The van der Waals surface area contributed by atoms with E-state index < -0.39 is 11.4 Å². The van der Waals surface area contributed by atoms with Crippen LogP contribution in [-0.2, 0) is 14.3 Å². The van der Waals surface area contributed by atoms with Gasteiger partial charge in [0, 0.05) is 0 Å². The molecule has 0 aromatic carbocycles. The van der Waals surface area contributed by atoms with Gasteiger partial charge in [-0.1, -0.05) is 51.9 Å². The summed E-state index contributed by atoms with van der Waals surface area (Å²) in [5.74, 6) is -0.844. The first-order valence-corrected chi connectivity index (χ1v) is 8.05. The van der Waals surface area contributed by atoms with Crippen LogP contribution in [0.15, 0.2) is 0 Å². The Morgan fingerprint density at radius 1 is 1.10 bits per heavy atom. The number of hydrogen-bond donors (Lipinski definition) is 1. The van der Waals surface area contributed by atoms with Gasteiger partial charge < -0.3 is 16.0 Å². The molecular formula is C16H31NaO4. The summed E-state index contributed by atoms with van der Waals surface area (Å²) in [6.07, 6.45) is 10.9. The fraction of sp³-hybridized carbons (Fsp3) is 0.938. The maximum atomic E-state index is 11.0. The van der Waals surface area contributed by atoms with Crippen molar-refractivity contribution in [3.8, 4) is 0 Å². The predicted octanol–water partition coefficient (Wildman–Crippen LogP) is 1.10. The molecule has 0 bridgehead atoms. The molecule has 1 aliphatic heterocycles. The molecule has 21 heavy (non-hydrogen) atoms. The first kappa shape index (κ1) is 21.4. The Balaban J connectivity index is 0. The number of unbranched alkanes of at least 4 members (excludes halogenated alkanes) is 7. The Morgan fingerprint density at radius 2 is 1.57 bits per heavy atom. The van der Waals surface area contributed by atoms with Crippen LogP contribution in [0.5, 0.6) is 0 Å². The molecule has 1 aliphatic rings. The Bertz CT molecular complexity index is 281. The first-order valence-electron chi connectivity index (χ1n) is 8.05. The van der Waals surface area contributed by atoms with Crippen LogP contribution in [-0.4, -0.2) is 30.6 Å². The molecule has 1 N–H and O–H groups in total. The quantitative estimate of drug-likeness (QED) is 0.485. The van der Waals surface area contributed by atoms with Crippen molar-refractivity contribution in [1.29, 1.82) is 0 Å². The van der Waals surface area contributed by atoms with Crippen molar-refractivity contribution in [2.75, 3.05) is 13.2 Å². The average molecular weight is 310 g/mol. The molecular weight excluding hydrogens is 279 g/mol. The van der Waals surface area contributed by atoms with E-state index in [1.807, 2.05) is 0 Å². The second kappa shape index (κ2) is 11.9. The van der Waals surface area contributed by atoms with Gasteiger partial charge in [0.15, 0.2) is 6.29 Å². The van der Waals surface area contributed by atoms with Crippen LogP contribution in [0.4, 0.5) is 0 Å². The fourth-order valence-electron chi connectivity index (χ4n) is 2.38. The number of carbonyl (C=O) groups is 1. The zero-order valence-electron chi connectivity index (χ0n) is 15.0. The summed E-state index contributed by atoms with van der Waals surface area (Å²) >= 11 is 0. The Kier molecular flexibility index (Phi) is 12.1.